The minimum absolute atomic E-state index is 0.205. The topological polar surface area (TPSA) is 38.1 Å². The summed E-state index contributed by atoms with van der Waals surface area (Å²) in [7, 11) is 0. The van der Waals surface area contributed by atoms with Gasteiger partial charge in [-0.3, -0.25) is 9.48 Å². The molecule has 0 spiro atoms. The number of rotatable bonds is 3. The molecule has 1 fully saturated rings. The van der Waals surface area contributed by atoms with Crippen LogP contribution in [0.1, 0.15) is 40.2 Å². The summed E-state index contributed by atoms with van der Waals surface area (Å²) in [6, 6.07) is 6.48. The predicted molar refractivity (Wildman–Crippen MR) is 91.8 cm³/mol. The highest BCUT2D eigenvalue weighted by molar-refractivity contribution is 5.94. The van der Waals surface area contributed by atoms with Crippen LogP contribution in [0.5, 0.6) is 0 Å². The third-order valence-electron chi connectivity index (χ3n) is 4.90. The van der Waals surface area contributed by atoms with Crippen LogP contribution in [0.3, 0.4) is 0 Å². The number of halogens is 3. The van der Waals surface area contributed by atoms with E-state index < -0.39 is 11.7 Å². The first-order valence-electron chi connectivity index (χ1n) is 8.71. The number of aromatic nitrogens is 2. The fourth-order valence-corrected chi connectivity index (χ4v) is 3.41. The summed E-state index contributed by atoms with van der Waals surface area (Å²) < 4.78 is 39.9. The molecule has 1 aliphatic heterocycles. The first-order valence-corrected chi connectivity index (χ1v) is 8.71. The SMILES string of the molecule is Cc1cc(C)n(CC2CCN(C(=O)c3ccc(C(F)(F)F)cc3)CC2)n1. The van der Waals surface area contributed by atoms with E-state index in [4.69, 9.17) is 0 Å². The lowest BCUT2D eigenvalue weighted by molar-refractivity contribution is -0.137. The maximum absolute atomic E-state index is 12.6. The molecule has 1 amide bonds. The van der Waals surface area contributed by atoms with Crippen LogP contribution in [0, 0.1) is 19.8 Å². The number of carbonyl (C=O) groups is 1. The summed E-state index contributed by atoms with van der Waals surface area (Å²) in [4.78, 5) is 14.2. The molecule has 1 aromatic heterocycles. The van der Waals surface area contributed by atoms with E-state index in [1.807, 2.05) is 24.6 Å². The highest BCUT2D eigenvalue weighted by Gasteiger charge is 2.31. The molecule has 1 aromatic carbocycles. The number of carbonyl (C=O) groups excluding carboxylic acids is 1. The van der Waals surface area contributed by atoms with E-state index in [2.05, 4.69) is 5.10 Å². The molecule has 1 aliphatic rings. The minimum atomic E-state index is -4.39. The van der Waals surface area contributed by atoms with Gasteiger partial charge in [-0.1, -0.05) is 0 Å². The number of piperidine rings is 1. The Kier molecular flexibility index (Phi) is 5.07. The molecule has 0 aliphatic carbocycles. The average Bonchev–Trinajstić information content (AvgIpc) is 2.91. The summed E-state index contributed by atoms with van der Waals surface area (Å²) >= 11 is 0. The van der Waals surface area contributed by atoms with Gasteiger partial charge in [-0.2, -0.15) is 18.3 Å². The minimum Gasteiger partial charge on any atom is -0.339 e. The van der Waals surface area contributed by atoms with Gasteiger partial charge in [-0.05, 0) is 62.9 Å². The molecule has 0 N–H and O–H groups in total. The quantitative estimate of drug-likeness (QED) is 0.822. The molecule has 2 heterocycles. The standard InChI is InChI=1S/C19H22F3N3O/c1-13-11-14(2)25(23-13)12-15-7-9-24(10-8-15)18(26)16-3-5-17(6-4-16)19(20,21)22/h3-6,11,15H,7-10,12H2,1-2H3. The van der Waals surface area contributed by atoms with Gasteiger partial charge in [0, 0.05) is 30.9 Å². The van der Waals surface area contributed by atoms with Gasteiger partial charge < -0.3 is 4.90 Å². The first-order chi connectivity index (χ1) is 12.2. The smallest absolute Gasteiger partial charge is 0.339 e. The van der Waals surface area contributed by atoms with Crippen molar-refractivity contribution in [1.29, 1.82) is 0 Å². The van der Waals surface area contributed by atoms with Crippen molar-refractivity contribution >= 4 is 5.91 Å². The second-order valence-corrected chi connectivity index (χ2v) is 6.92. The molecular weight excluding hydrogens is 343 g/mol. The molecule has 2 aromatic rings. The van der Waals surface area contributed by atoms with Crippen LogP contribution in [0.25, 0.3) is 0 Å². The molecule has 0 atom stereocenters. The largest absolute Gasteiger partial charge is 0.416 e. The van der Waals surface area contributed by atoms with Crippen molar-refractivity contribution in [3.8, 4) is 0 Å². The van der Waals surface area contributed by atoms with Crippen molar-refractivity contribution in [3.05, 3.63) is 52.8 Å². The van der Waals surface area contributed by atoms with Gasteiger partial charge in [0.2, 0.25) is 0 Å². The Labute approximate surface area is 150 Å². The van der Waals surface area contributed by atoms with Gasteiger partial charge in [-0.15, -0.1) is 0 Å². The van der Waals surface area contributed by atoms with E-state index in [0.29, 0.717) is 24.6 Å². The second kappa shape index (κ2) is 7.13. The maximum atomic E-state index is 12.6. The second-order valence-electron chi connectivity index (χ2n) is 6.92. The van der Waals surface area contributed by atoms with Crippen molar-refractivity contribution in [3.63, 3.8) is 0 Å². The van der Waals surface area contributed by atoms with Crippen LogP contribution in [0.4, 0.5) is 13.2 Å². The van der Waals surface area contributed by atoms with Gasteiger partial charge in [-0.25, -0.2) is 0 Å². The zero-order valence-corrected chi connectivity index (χ0v) is 14.9. The van der Waals surface area contributed by atoms with Gasteiger partial charge in [0.25, 0.3) is 5.91 Å². The van der Waals surface area contributed by atoms with Crippen LogP contribution >= 0.6 is 0 Å². The molecule has 1 saturated heterocycles. The van der Waals surface area contributed by atoms with E-state index in [0.717, 1.165) is 42.9 Å². The number of aryl methyl sites for hydroxylation is 2. The summed E-state index contributed by atoms with van der Waals surface area (Å²) in [6.45, 7) is 6.06. The van der Waals surface area contributed by atoms with Crippen LogP contribution in [-0.4, -0.2) is 33.7 Å². The van der Waals surface area contributed by atoms with Gasteiger partial charge in [0.05, 0.1) is 11.3 Å². The molecule has 3 rings (SSSR count). The predicted octanol–water partition coefficient (Wildman–Crippen LogP) is 4.07. The monoisotopic (exact) mass is 365 g/mol. The Morgan fingerprint density at radius 3 is 2.27 bits per heavy atom. The Bertz CT molecular complexity index is 772. The van der Waals surface area contributed by atoms with Gasteiger partial charge in [0.1, 0.15) is 0 Å². The highest BCUT2D eigenvalue weighted by atomic mass is 19.4. The Hall–Kier alpha value is -2.31. The number of likely N-dealkylation sites (tertiary alicyclic amines) is 1. The number of amides is 1. The molecule has 140 valence electrons. The Morgan fingerprint density at radius 2 is 1.77 bits per heavy atom. The third kappa shape index (κ3) is 4.08. The molecule has 0 bridgehead atoms. The van der Waals surface area contributed by atoms with Crippen molar-refractivity contribution in [2.75, 3.05) is 13.1 Å². The number of alkyl halides is 3. The lowest BCUT2D eigenvalue weighted by Gasteiger charge is -2.32. The third-order valence-corrected chi connectivity index (χ3v) is 4.90. The fourth-order valence-electron chi connectivity index (χ4n) is 3.41. The molecule has 7 heteroatoms. The fraction of sp³-hybridized carbons (Fsp3) is 0.474. The zero-order valence-electron chi connectivity index (χ0n) is 14.9. The molecular formula is C19H22F3N3O. The van der Waals surface area contributed by atoms with Crippen LogP contribution < -0.4 is 0 Å². The first kappa shape index (κ1) is 18.5. The van der Waals surface area contributed by atoms with Gasteiger partial charge >= 0.3 is 6.18 Å². The van der Waals surface area contributed by atoms with Crippen molar-refractivity contribution in [2.24, 2.45) is 5.92 Å². The van der Waals surface area contributed by atoms with Crippen LogP contribution in [0.15, 0.2) is 30.3 Å². The maximum Gasteiger partial charge on any atom is 0.416 e. The van der Waals surface area contributed by atoms with E-state index in [1.165, 1.54) is 12.1 Å². The van der Waals surface area contributed by atoms with Crippen molar-refractivity contribution in [2.45, 2.75) is 39.4 Å². The Morgan fingerprint density at radius 1 is 1.15 bits per heavy atom. The van der Waals surface area contributed by atoms with Crippen LogP contribution in [0.2, 0.25) is 0 Å². The average molecular weight is 365 g/mol. The number of benzene rings is 1. The van der Waals surface area contributed by atoms with E-state index in [9.17, 15) is 18.0 Å². The number of nitrogens with zero attached hydrogens (tertiary/aromatic N) is 3. The van der Waals surface area contributed by atoms with E-state index in [1.54, 1.807) is 4.90 Å². The van der Waals surface area contributed by atoms with E-state index >= 15 is 0 Å². The summed E-state index contributed by atoms with van der Waals surface area (Å²) in [5, 5.41) is 4.48. The molecule has 0 unspecified atom stereocenters. The number of hydrogen-bond acceptors (Lipinski definition) is 2. The lowest BCUT2D eigenvalue weighted by Crippen LogP contribution is -2.39. The summed E-state index contributed by atoms with van der Waals surface area (Å²) in [6.07, 6.45) is -2.65. The normalized spacial score (nSPS) is 16.1. The summed E-state index contributed by atoms with van der Waals surface area (Å²) in [5.41, 5.74) is 1.69. The van der Waals surface area contributed by atoms with Crippen molar-refractivity contribution < 1.29 is 18.0 Å². The molecule has 0 radical (unpaired) electrons. The molecule has 26 heavy (non-hydrogen) atoms. The van der Waals surface area contributed by atoms with Crippen LogP contribution in [-0.2, 0) is 12.7 Å². The van der Waals surface area contributed by atoms with Crippen molar-refractivity contribution in [1.82, 2.24) is 14.7 Å². The molecule has 0 saturated carbocycles. The lowest BCUT2D eigenvalue weighted by atomic mass is 9.96. The highest BCUT2D eigenvalue weighted by Crippen LogP contribution is 2.29. The van der Waals surface area contributed by atoms with Gasteiger partial charge in [0.15, 0.2) is 0 Å². The Balaban J connectivity index is 1.57. The summed E-state index contributed by atoms with van der Waals surface area (Å²) in [5.74, 6) is 0.243. The van der Waals surface area contributed by atoms with E-state index in [-0.39, 0.29) is 5.91 Å². The zero-order chi connectivity index (χ0) is 18.9. The molecule has 4 nitrogen and oxygen atoms in total. The number of hydrogen-bond donors (Lipinski definition) is 0.